The number of rotatable bonds is 9. The Bertz CT molecular complexity index is 330. The van der Waals surface area contributed by atoms with Crippen molar-refractivity contribution >= 4 is 46.0 Å². The van der Waals surface area contributed by atoms with Gasteiger partial charge in [0.15, 0.2) is 0 Å². The van der Waals surface area contributed by atoms with Crippen LogP contribution in [0.25, 0.3) is 0 Å². The second kappa shape index (κ2) is 10.1. The molecule has 0 saturated carbocycles. The lowest BCUT2D eigenvalue weighted by Crippen LogP contribution is -2.25. The summed E-state index contributed by atoms with van der Waals surface area (Å²) in [7, 11) is 1.70. The van der Waals surface area contributed by atoms with Gasteiger partial charge in [-0.3, -0.25) is 9.59 Å². The molecule has 0 aromatic carbocycles. The number of Topliss-reactive ketones (excluding diaryl/α,β-unsaturated/α-hetero) is 1. The molecular formula is C12H20N2O2S2. The van der Waals surface area contributed by atoms with Crippen LogP contribution in [-0.4, -0.2) is 35.1 Å². The third-order valence-electron chi connectivity index (χ3n) is 2.34. The van der Waals surface area contributed by atoms with Crippen LogP contribution in [0.3, 0.4) is 0 Å². The Morgan fingerprint density at radius 1 is 1.11 bits per heavy atom. The Morgan fingerprint density at radius 3 is 2.33 bits per heavy atom. The zero-order chi connectivity index (χ0) is 14.0. The summed E-state index contributed by atoms with van der Waals surface area (Å²) in [6.45, 7) is 2.17. The molecule has 0 fully saturated rings. The Labute approximate surface area is 119 Å². The Hall–Kier alpha value is -0.880. The van der Waals surface area contributed by atoms with Gasteiger partial charge in [0.1, 0.15) is 10.8 Å². The molecule has 0 aromatic rings. The van der Waals surface area contributed by atoms with Gasteiger partial charge in [0, 0.05) is 33.4 Å². The molecule has 102 valence electrons. The third kappa shape index (κ3) is 9.18. The number of hydrogen-bond acceptors (Lipinski definition) is 4. The normalized spacial score (nSPS) is 9.67. The Balaban J connectivity index is 3.57. The minimum atomic E-state index is -0.0167. The van der Waals surface area contributed by atoms with E-state index in [0.29, 0.717) is 22.8 Å². The summed E-state index contributed by atoms with van der Waals surface area (Å²) in [5.41, 5.74) is 0. The smallest absolute Gasteiger partial charge is 0.216 e. The zero-order valence-corrected chi connectivity index (χ0v) is 12.5. The molecule has 0 aromatic heterocycles. The standard InChI is InChI=1S/C12H20N2O2S2/c1-9(15)14-7-5-3-4-6-10(16)8-11(17)12(18)13-2/h3-8H2,1-2H3,(H,13,18)(H,14,15). The molecule has 0 heterocycles. The number of carbonyl (C=O) groups is 2. The van der Waals surface area contributed by atoms with Gasteiger partial charge in [-0.15, -0.1) is 0 Å². The van der Waals surface area contributed by atoms with Crippen LogP contribution in [0.1, 0.15) is 39.0 Å². The predicted octanol–water partition coefficient (Wildman–Crippen LogP) is 1.56. The van der Waals surface area contributed by atoms with Crippen LogP contribution in [0.2, 0.25) is 0 Å². The molecule has 0 bridgehead atoms. The van der Waals surface area contributed by atoms with E-state index in [1.54, 1.807) is 7.05 Å². The van der Waals surface area contributed by atoms with Crippen molar-refractivity contribution in [3.05, 3.63) is 0 Å². The average Bonchev–Trinajstić information content (AvgIpc) is 2.31. The fourth-order valence-corrected chi connectivity index (χ4v) is 1.71. The van der Waals surface area contributed by atoms with E-state index in [1.807, 2.05) is 0 Å². The highest BCUT2D eigenvalue weighted by atomic mass is 32.1. The molecule has 0 rings (SSSR count). The maximum absolute atomic E-state index is 11.6. The van der Waals surface area contributed by atoms with Crippen LogP contribution in [0.15, 0.2) is 0 Å². The SMILES string of the molecule is CNC(=S)C(=S)CC(=O)CCCCCNC(C)=O. The van der Waals surface area contributed by atoms with Crippen molar-refractivity contribution in [3.8, 4) is 0 Å². The van der Waals surface area contributed by atoms with Crippen molar-refractivity contribution in [2.75, 3.05) is 13.6 Å². The van der Waals surface area contributed by atoms with Gasteiger partial charge < -0.3 is 10.6 Å². The molecule has 0 radical (unpaired) electrons. The number of hydrogen-bond donors (Lipinski definition) is 2. The van der Waals surface area contributed by atoms with E-state index >= 15 is 0 Å². The largest absolute Gasteiger partial charge is 0.378 e. The molecule has 0 saturated heterocycles. The summed E-state index contributed by atoms with van der Waals surface area (Å²) in [6.07, 6.45) is 3.42. The van der Waals surface area contributed by atoms with Crippen LogP contribution in [0.5, 0.6) is 0 Å². The number of carbonyl (C=O) groups excluding carboxylic acids is 2. The molecule has 0 atom stereocenters. The summed E-state index contributed by atoms with van der Waals surface area (Å²) < 4.78 is 0. The van der Waals surface area contributed by atoms with Crippen molar-refractivity contribution in [2.45, 2.75) is 39.0 Å². The molecule has 4 nitrogen and oxygen atoms in total. The number of ketones is 1. The van der Waals surface area contributed by atoms with Gasteiger partial charge in [0.25, 0.3) is 0 Å². The molecule has 2 N–H and O–H groups in total. The first-order valence-electron chi connectivity index (χ1n) is 5.98. The van der Waals surface area contributed by atoms with E-state index in [2.05, 4.69) is 10.6 Å². The second-order valence-electron chi connectivity index (χ2n) is 4.01. The highest BCUT2D eigenvalue weighted by molar-refractivity contribution is 7.89. The first kappa shape index (κ1) is 17.1. The highest BCUT2D eigenvalue weighted by Gasteiger charge is 2.09. The monoisotopic (exact) mass is 288 g/mol. The van der Waals surface area contributed by atoms with E-state index in [4.69, 9.17) is 24.4 Å². The van der Waals surface area contributed by atoms with Crippen molar-refractivity contribution in [3.63, 3.8) is 0 Å². The summed E-state index contributed by atoms with van der Waals surface area (Å²) >= 11 is 9.98. The van der Waals surface area contributed by atoms with E-state index in [0.717, 1.165) is 19.3 Å². The Morgan fingerprint density at radius 2 is 1.78 bits per heavy atom. The van der Waals surface area contributed by atoms with Crippen molar-refractivity contribution < 1.29 is 9.59 Å². The number of unbranched alkanes of at least 4 members (excludes halogenated alkanes) is 2. The molecule has 1 amide bonds. The zero-order valence-electron chi connectivity index (χ0n) is 10.9. The lowest BCUT2D eigenvalue weighted by Gasteiger charge is -2.05. The maximum atomic E-state index is 11.6. The fourth-order valence-electron chi connectivity index (χ4n) is 1.38. The van der Waals surface area contributed by atoms with Crippen LogP contribution in [0, 0.1) is 0 Å². The lowest BCUT2D eigenvalue weighted by molar-refractivity contribution is -0.119. The van der Waals surface area contributed by atoms with E-state index in [-0.39, 0.29) is 18.1 Å². The number of thiocarbonyl (C=S) groups is 2. The molecular weight excluding hydrogens is 268 g/mol. The molecule has 6 heteroatoms. The topological polar surface area (TPSA) is 58.2 Å². The highest BCUT2D eigenvalue weighted by Crippen LogP contribution is 2.03. The molecule has 0 unspecified atom stereocenters. The van der Waals surface area contributed by atoms with E-state index < -0.39 is 0 Å². The minimum Gasteiger partial charge on any atom is -0.378 e. The summed E-state index contributed by atoms with van der Waals surface area (Å²) in [5, 5.41) is 5.48. The molecule has 18 heavy (non-hydrogen) atoms. The minimum absolute atomic E-state index is 0.0167. The van der Waals surface area contributed by atoms with Crippen LogP contribution >= 0.6 is 24.4 Å². The Kier molecular flexibility index (Phi) is 9.59. The quantitative estimate of drug-likeness (QED) is 0.498. The van der Waals surface area contributed by atoms with Gasteiger partial charge in [0.2, 0.25) is 5.91 Å². The number of amides is 1. The van der Waals surface area contributed by atoms with Crippen molar-refractivity contribution in [1.29, 1.82) is 0 Å². The molecule has 0 aliphatic heterocycles. The van der Waals surface area contributed by atoms with Crippen LogP contribution < -0.4 is 10.6 Å². The first-order chi connectivity index (χ1) is 8.47. The number of nitrogens with one attached hydrogen (secondary N) is 2. The maximum Gasteiger partial charge on any atom is 0.216 e. The second-order valence-corrected chi connectivity index (χ2v) is 4.91. The van der Waals surface area contributed by atoms with Crippen LogP contribution in [-0.2, 0) is 9.59 Å². The van der Waals surface area contributed by atoms with Crippen molar-refractivity contribution in [1.82, 2.24) is 10.6 Å². The molecule has 0 spiro atoms. The summed E-state index contributed by atoms with van der Waals surface area (Å²) in [4.78, 5) is 23.2. The lowest BCUT2D eigenvalue weighted by atomic mass is 10.1. The fraction of sp³-hybridized carbons (Fsp3) is 0.667. The van der Waals surface area contributed by atoms with Crippen molar-refractivity contribution in [2.24, 2.45) is 0 Å². The first-order valence-corrected chi connectivity index (χ1v) is 6.80. The van der Waals surface area contributed by atoms with Gasteiger partial charge in [0.05, 0.1) is 4.86 Å². The third-order valence-corrected chi connectivity index (χ3v) is 3.27. The summed E-state index contributed by atoms with van der Waals surface area (Å²) in [6, 6.07) is 0. The average molecular weight is 288 g/mol. The van der Waals surface area contributed by atoms with Gasteiger partial charge in [-0.25, -0.2) is 0 Å². The molecule has 0 aliphatic rings. The van der Waals surface area contributed by atoms with E-state index in [1.165, 1.54) is 6.92 Å². The predicted molar refractivity (Wildman–Crippen MR) is 81.0 cm³/mol. The molecule has 0 aliphatic carbocycles. The van der Waals surface area contributed by atoms with Gasteiger partial charge in [-0.2, -0.15) is 0 Å². The van der Waals surface area contributed by atoms with Gasteiger partial charge in [-0.1, -0.05) is 30.9 Å². The van der Waals surface area contributed by atoms with Crippen LogP contribution in [0.4, 0.5) is 0 Å². The summed E-state index contributed by atoms with van der Waals surface area (Å²) in [5.74, 6) is 0.106. The van der Waals surface area contributed by atoms with E-state index in [9.17, 15) is 9.59 Å². The van der Waals surface area contributed by atoms with Gasteiger partial charge in [-0.05, 0) is 12.8 Å². The van der Waals surface area contributed by atoms with Gasteiger partial charge >= 0.3 is 0 Å².